The molecule has 0 saturated heterocycles. The number of nitrogens with zero attached hydrogens (tertiary/aromatic N) is 4. The molecular weight excluding hydrogens is 586 g/mol. The Hall–Kier alpha value is -3.56. The summed E-state index contributed by atoms with van der Waals surface area (Å²) in [5, 5.41) is 6.12. The van der Waals surface area contributed by atoms with Gasteiger partial charge in [-0.05, 0) is 72.2 Å². The van der Waals surface area contributed by atoms with Gasteiger partial charge in [0.15, 0.2) is 12.4 Å². The molecule has 0 fully saturated rings. The van der Waals surface area contributed by atoms with E-state index in [0.717, 1.165) is 43.4 Å². The third-order valence-electron chi connectivity index (χ3n) is 5.81. The quantitative estimate of drug-likeness (QED) is 0.183. The SMILES string of the molecule is Cc1cc(/C=N/NC(=O)COc2c(Br)cc(Br)c3cccnc23)c(C)n1-c1ccc2ncccc2c1. The van der Waals surface area contributed by atoms with E-state index in [-0.39, 0.29) is 12.5 Å². The molecular formula is C27H21Br2N5O2. The Labute approximate surface area is 224 Å². The highest BCUT2D eigenvalue weighted by molar-refractivity contribution is 9.11. The Morgan fingerprint density at radius 2 is 1.86 bits per heavy atom. The zero-order valence-electron chi connectivity index (χ0n) is 19.5. The number of hydrogen-bond donors (Lipinski definition) is 1. The van der Waals surface area contributed by atoms with Gasteiger partial charge in [0.2, 0.25) is 0 Å². The molecule has 0 bridgehead atoms. The second-order valence-corrected chi connectivity index (χ2v) is 9.90. The minimum absolute atomic E-state index is 0.201. The van der Waals surface area contributed by atoms with E-state index in [1.54, 1.807) is 18.6 Å². The summed E-state index contributed by atoms with van der Waals surface area (Å²) < 4.78 is 9.53. The van der Waals surface area contributed by atoms with E-state index in [9.17, 15) is 4.79 Å². The van der Waals surface area contributed by atoms with Crippen LogP contribution >= 0.6 is 31.9 Å². The number of benzene rings is 2. The Morgan fingerprint density at radius 3 is 2.72 bits per heavy atom. The first-order valence-electron chi connectivity index (χ1n) is 11.1. The largest absolute Gasteiger partial charge is 0.480 e. The summed E-state index contributed by atoms with van der Waals surface area (Å²) in [5.74, 6) is 0.128. The Morgan fingerprint density at radius 1 is 1.06 bits per heavy atom. The van der Waals surface area contributed by atoms with E-state index in [1.807, 2.05) is 62.4 Å². The topological polar surface area (TPSA) is 81.4 Å². The van der Waals surface area contributed by atoms with Crippen molar-refractivity contribution < 1.29 is 9.53 Å². The molecule has 0 aliphatic carbocycles. The van der Waals surface area contributed by atoms with Gasteiger partial charge in [-0.25, -0.2) is 5.43 Å². The number of fused-ring (bicyclic) bond motifs is 2. The molecule has 0 saturated carbocycles. The van der Waals surface area contributed by atoms with Crippen molar-refractivity contribution in [1.82, 2.24) is 20.0 Å². The lowest BCUT2D eigenvalue weighted by Gasteiger charge is -2.11. The molecule has 5 rings (SSSR count). The van der Waals surface area contributed by atoms with Crippen molar-refractivity contribution >= 4 is 65.8 Å². The highest BCUT2D eigenvalue weighted by atomic mass is 79.9. The van der Waals surface area contributed by atoms with Crippen LogP contribution in [0.3, 0.4) is 0 Å². The predicted molar refractivity (Wildman–Crippen MR) is 149 cm³/mol. The molecule has 3 heterocycles. The summed E-state index contributed by atoms with van der Waals surface area (Å²) in [7, 11) is 0. The van der Waals surface area contributed by atoms with Crippen LogP contribution in [0.2, 0.25) is 0 Å². The number of halogens is 2. The lowest BCUT2D eigenvalue weighted by Crippen LogP contribution is -2.24. The minimum atomic E-state index is -0.374. The molecule has 7 nitrogen and oxygen atoms in total. The van der Waals surface area contributed by atoms with Gasteiger partial charge in [0.25, 0.3) is 5.91 Å². The van der Waals surface area contributed by atoms with Crippen LogP contribution in [0.15, 0.2) is 81.0 Å². The standard InChI is InChI=1S/C27H21Br2N5O2/c1-16-11-19(17(2)34(16)20-7-8-24-18(12-20)5-3-9-30-24)14-32-33-25(35)15-36-27-23(29)13-22(28)21-6-4-10-31-26(21)27/h3-14H,15H2,1-2H3,(H,33,35)/b32-14+. The first-order chi connectivity index (χ1) is 17.4. The van der Waals surface area contributed by atoms with Crippen LogP contribution in [0.1, 0.15) is 17.0 Å². The van der Waals surface area contributed by atoms with Gasteiger partial charge in [-0.15, -0.1) is 0 Å². The molecule has 180 valence electrons. The highest BCUT2D eigenvalue weighted by Crippen LogP contribution is 2.37. The van der Waals surface area contributed by atoms with E-state index in [0.29, 0.717) is 15.7 Å². The predicted octanol–water partition coefficient (Wildman–Crippen LogP) is 6.24. The lowest BCUT2D eigenvalue weighted by molar-refractivity contribution is -0.123. The Kier molecular flexibility index (Phi) is 6.84. The molecule has 0 spiro atoms. The number of aromatic nitrogens is 3. The van der Waals surface area contributed by atoms with E-state index in [4.69, 9.17) is 4.74 Å². The summed E-state index contributed by atoms with van der Waals surface area (Å²) in [4.78, 5) is 21.2. The molecule has 2 aromatic carbocycles. The van der Waals surface area contributed by atoms with Crippen molar-refractivity contribution in [2.75, 3.05) is 6.61 Å². The molecule has 5 aromatic rings. The van der Waals surface area contributed by atoms with E-state index < -0.39 is 0 Å². The van der Waals surface area contributed by atoms with Crippen molar-refractivity contribution in [3.63, 3.8) is 0 Å². The van der Waals surface area contributed by atoms with Gasteiger partial charge in [0.1, 0.15) is 5.52 Å². The number of aryl methyl sites for hydroxylation is 1. The van der Waals surface area contributed by atoms with Gasteiger partial charge < -0.3 is 9.30 Å². The fraction of sp³-hybridized carbons (Fsp3) is 0.111. The van der Waals surface area contributed by atoms with E-state index >= 15 is 0 Å². The van der Waals surface area contributed by atoms with Crippen molar-refractivity contribution in [2.24, 2.45) is 5.10 Å². The summed E-state index contributed by atoms with van der Waals surface area (Å²) in [5.41, 5.74) is 8.19. The third-order valence-corrected chi connectivity index (χ3v) is 7.05. The Bertz CT molecular complexity index is 1640. The normalized spacial score (nSPS) is 11.4. The average Bonchev–Trinajstić information content (AvgIpc) is 3.16. The van der Waals surface area contributed by atoms with Crippen LogP contribution in [-0.4, -0.2) is 33.3 Å². The Balaban J connectivity index is 1.28. The molecule has 0 radical (unpaired) electrons. The second kappa shape index (κ2) is 10.2. The first kappa shape index (κ1) is 24.1. The van der Waals surface area contributed by atoms with Crippen LogP contribution in [0, 0.1) is 13.8 Å². The molecule has 3 aromatic heterocycles. The van der Waals surface area contributed by atoms with Crippen molar-refractivity contribution in [1.29, 1.82) is 0 Å². The van der Waals surface area contributed by atoms with Gasteiger partial charge in [0, 0.05) is 50.3 Å². The van der Waals surface area contributed by atoms with Crippen LogP contribution in [0.5, 0.6) is 5.75 Å². The van der Waals surface area contributed by atoms with Crippen LogP contribution in [-0.2, 0) is 4.79 Å². The van der Waals surface area contributed by atoms with E-state index in [1.165, 1.54) is 0 Å². The third kappa shape index (κ3) is 4.76. The number of carbonyl (C=O) groups is 1. The molecule has 0 aliphatic heterocycles. The van der Waals surface area contributed by atoms with Gasteiger partial charge in [-0.2, -0.15) is 5.10 Å². The smallest absolute Gasteiger partial charge is 0.277 e. The summed E-state index contributed by atoms with van der Waals surface area (Å²) in [6, 6.07) is 17.8. The van der Waals surface area contributed by atoms with E-state index in [2.05, 4.69) is 63.0 Å². The summed E-state index contributed by atoms with van der Waals surface area (Å²) in [6.45, 7) is 3.86. The van der Waals surface area contributed by atoms with Gasteiger partial charge >= 0.3 is 0 Å². The van der Waals surface area contributed by atoms with Gasteiger partial charge in [0.05, 0.1) is 16.2 Å². The summed E-state index contributed by atoms with van der Waals surface area (Å²) >= 11 is 7.02. The van der Waals surface area contributed by atoms with Crippen molar-refractivity contribution in [3.05, 3.63) is 92.9 Å². The molecule has 0 aliphatic rings. The van der Waals surface area contributed by atoms with Crippen LogP contribution in [0.4, 0.5) is 0 Å². The zero-order valence-corrected chi connectivity index (χ0v) is 22.7. The number of nitrogens with one attached hydrogen (secondary N) is 1. The second-order valence-electron chi connectivity index (χ2n) is 8.19. The number of ether oxygens (including phenoxy) is 1. The van der Waals surface area contributed by atoms with Gasteiger partial charge in [-0.3, -0.25) is 14.8 Å². The maximum absolute atomic E-state index is 12.4. The van der Waals surface area contributed by atoms with Crippen LogP contribution < -0.4 is 10.2 Å². The number of amides is 1. The molecule has 9 heteroatoms. The molecule has 1 N–H and O–H groups in total. The number of carbonyl (C=O) groups excluding carboxylic acids is 1. The average molecular weight is 607 g/mol. The fourth-order valence-electron chi connectivity index (χ4n) is 4.15. The van der Waals surface area contributed by atoms with Crippen molar-refractivity contribution in [3.8, 4) is 11.4 Å². The molecule has 1 amide bonds. The fourth-order valence-corrected chi connectivity index (χ4v) is 5.53. The minimum Gasteiger partial charge on any atom is -0.480 e. The molecule has 36 heavy (non-hydrogen) atoms. The van der Waals surface area contributed by atoms with Crippen LogP contribution in [0.25, 0.3) is 27.5 Å². The maximum Gasteiger partial charge on any atom is 0.277 e. The zero-order chi connectivity index (χ0) is 25.2. The number of rotatable bonds is 6. The summed E-state index contributed by atoms with van der Waals surface area (Å²) in [6.07, 6.45) is 5.12. The number of hydrogen-bond acceptors (Lipinski definition) is 5. The first-order valence-corrected chi connectivity index (χ1v) is 12.7. The number of pyridine rings is 2. The highest BCUT2D eigenvalue weighted by Gasteiger charge is 2.14. The monoisotopic (exact) mass is 605 g/mol. The van der Waals surface area contributed by atoms with Crippen molar-refractivity contribution in [2.45, 2.75) is 13.8 Å². The molecule has 0 atom stereocenters. The lowest BCUT2D eigenvalue weighted by atomic mass is 10.2. The van der Waals surface area contributed by atoms with Gasteiger partial charge in [-0.1, -0.05) is 28.1 Å². The molecule has 0 unspecified atom stereocenters. The maximum atomic E-state index is 12.4. The number of hydrazone groups is 1.